The zero-order valence-electron chi connectivity index (χ0n) is 8.71. The molecule has 5 heteroatoms. The third-order valence-corrected chi connectivity index (χ3v) is 2.06. The summed E-state index contributed by atoms with van der Waals surface area (Å²) >= 11 is 0. The first kappa shape index (κ1) is 10.2. The molecule has 2 aromatic rings. The average Bonchev–Trinajstić information content (AvgIpc) is 2.64. The number of aromatic nitrogens is 2. The number of phenolic OH excluding ortho intramolecular Hbond substituents is 1. The van der Waals surface area contributed by atoms with E-state index in [1.54, 1.807) is 36.1 Å². The monoisotopic (exact) mass is 217 g/mol. The molecule has 0 unspecified atom stereocenters. The molecule has 0 radical (unpaired) electrons. The van der Waals surface area contributed by atoms with E-state index in [1.807, 2.05) is 0 Å². The van der Waals surface area contributed by atoms with Gasteiger partial charge >= 0.3 is 0 Å². The van der Waals surface area contributed by atoms with Gasteiger partial charge in [0.25, 0.3) is 5.91 Å². The SMILES string of the molecule is Cn1ccc(NC(=O)c2cccc(O)c2)n1. The van der Waals surface area contributed by atoms with Gasteiger partial charge in [-0.1, -0.05) is 6.07 Å². The third-order valence-electron chi connectivity index (χ3n) is 2.06. The number of anilines is 1. The van der Waals surface area contributed by atoms with E-state index in [0.29, 0.717) is 11.4 Å². The van der Waals surface area contributed by atoms with Crippen LogP contribution in [0.25, 0.3) is 0 Å². The highest BCUT2D eigenvalue weighted by molar-refractivity contribution is 6.03. The molecule has 0 bridgehead atoms. The number of phenols is 1. The summed E-state index contributed by atoms with van der Waals surface area (Å²) < 4.78 is 1.60. The van der Waals surface area contributed by atoms with Crippen LogP contribution >= 0.6 is 0 Å². The maximum Gasteiger partial charge on any atom is 0.256 e. The van der Waals surface area contributed by atoms with E-state index in [4.69, 9.17) is 0 Å². The fraction of sp³-hybridized carbons (Fsp3) is 0.0909. The quantitative estimate of drug-likeness (QED) is 0.798. The van der Waals surface area contributed by atoms with Crippen molar-refractivity contribution in [2.24, 2.45) is 7.05 Å². The number of carbonyl (C=O) groups excluding carboxylic acids is 1. The van der Waals surface area contributed by atoms with Crippen molar-refractivity contribution < 1.29 is 9.90 Å². The van der Waals surface area contributed by atoms with Gasteiger partial charge in [0.2, 0.25) is 0 Å². The number of amides is 1. The lowest BCUT2D eigenvalue weighted by atomic mass is 10.2. The van der Waals surface area contributed by atoms with E-state index in [2.05, 4.69) is 10.4 Å². The number of hydrogen-bond donors (Lipinski definition) is 2. The van der Waals surface area contributed by atoms with Gasteiger partial charge in [-0.25, -0.2) is 0 Å². The Morgan fingerprint density at radius 1 is 1.44 bits per heavy atom. The summed E-state index contributed by atoms with van der Waals surface area (Å²) in [6.07, 6.45) is 1.73. The van der Waals surface area contributed by atoms with Crippen molar-refractivity contribution in [1.82, 2.24) is 9.78 Å². The number of aromatic hydroxyl groups is 1. The fourth-order valence-electron chi connectivity index (χ4n) is 1.32. The van der Waals surface area contributed by atoms with E-state index in [-0.39, 0.29) is 11.7 Å². The first-order valence-electron chi connectivity index (χ1n) is 4.75. The van der Waals surface area contributed by atoms with E-state index < -0.39 is 0 Å². The summed E-state index contributed by atoms with van der Waals surface area (Å²) in [6.45, 7) is 0. The van der Waals surface area contributed by atoms with Crippen LogP contribution < -0.4 is 5.32 Å². The molecular formula is C11H11N3O2. The summed E-state index contributed by atoms with van der Waals surface area (Å²) in [7, 11) is 1.77. The fourth-order valence-corrected chi connectivity index (χ4v) is 1.32. The summed E-state index contributed by atoms with van der Waals surface area (Å²) in [6, 6.07) is 7.84. The average molecular weight is 217 g/mol. The van der Waals surface area contributed by atoms with Crippen LogP contribution in [0.15, 0.2) is 36.5 Å². The highest BCUT2D eigenvalue weighted by Gasteiger charge is 2.07. The van der Waals surface area contributed by atoms with Crippen LogP contribution in [0.3, 0.4) is 0 Å². The molecule has 0 saturated carbocycles. The Balaban J connectivity index is 2.14. The smallest absolute Gasteiger partial charge is 0.256 e. The predicted octanol–water partition coefficient (Wildman–Crippen LogP) is 1.38. The van der Waals surface area contributed by atoms with E-state index in [0.717, 1.165) is 0 Å². The molecule has 0 aliphatic carbocycles. The zero-order valence-corrected chi connectivity index (χ0v) is 8.71. The maximum absolute atomic E-state index is 11.7. The van der Waals surface area contributed by atoms with Crippen LogP contribution in [-0.4, -0.2) is 20.8 Å². The van der Waals surface area contributed by atoms with Crippen LogP contribution in [0.1, 0.15) is 10.4 Å². The second-order valence-corrected chi connectivity index (χ2v) is 3.38. The van der Waals surface area contributed by atoms with E-state index in [9.17, 15) is 9.90 Å². The number of nitrogens with one attached hydrogen (secondary N) is 1. The molecule has 0 spiro atoms. The van der Waals surface area contributed by atoms with Crippen molar-refractivity contribution in [2.45, 2.75) is 0 Å². The molecule has 0 fully saturated rings. The summed E-state index contributed by atoms with van der Waals surface area (Å²) in [5.74, 6) is 0.249. The highest BCUT2D eigenvalue weighted by atomic mass is 16.3. The Morgan fingerprint density at radius 2 is 2.25 bits per heavy atom. The minimum atomic E-state index is -0.297. The Labute approximate surface area is 92.3 Å². The Morgan fingerprint density at radius 3 is 2.88 bits per heavy atom. The first-order valence-corrected chi connectivity index (χ1v) is 4.75. The highest BCUT2D eigenvalue weighted by Crippen LogP contribution is 2.12. The standard InChI is InChI=1S/C11H11N3O2/c1-14-6-5-10(13-14)12-11(16)8-3-2-4-9(15)7-8/h2-7,15H,1H3,(H,12,13,16). The second-order valence-electron chi connectivity index (χ2n) is 3.38. The largest absolute Gasteiger partial charge is 0.508 e. The molecule has 82 valence electrons. The lowest BCUT2D eigenvalue weighted by Crippen LogP contribution is -2.12. The van der Waals surface area contributed by atoms with Crippen molar-refractivity contribution in [1.29, 1.82) is 0 Å². The summed E-state index contributed by atoms with van der Waals surface area (Å²) in [4.78, 5) is 11.7. The lowest BCUT2D eigenvalue weighted by molar-refractivity contribution is 0.102. The molecule has 1 heterocycles. The summed E-state index contributed by atoms with van der Waals surface area (Å²) in [5.41, 5.74) is 0.394. The van der Waals surface area contributed by atoms with Crippen molar-refractivity contribution in [3.63, 3.8) is 0 Å². The van der Waals surface area contributed by atoms with Crippen molar-refractivity contribution in [3.8, 4) is 5.75 Å². The molecule has 0 aliphatic rings. The number of aryl methyl sites for hydroxylation is 1. The van der Waals surface area contributed by atoms with Gasteiger partial charge in [0.05, 0.1) is 0 Å². The van der Waals surface area contributed by atoms with Crippen LogP contribution in [0.5, 0.6) is 5.75 Å². The van der Waals surface area contributed by atoms with Crippen LogP contribution in [0, 0.1) is 0 Å². The number of hydrogen-bond acceptors (Lipinski definition) is 3. The molecule has 0 atom stereocenters. The Bertz CT molecular complexity index is 519. The third kappa shape index (κ3) is 2.20. The number of carbonyl (C=O) groups is 1. The summed E-state index contributed by atoms with van der Waals surface area (Å²) in [5, 5.41) is 15.9. The molecular weight excluding hydrogens is 206 g/mol. The minimum Gasteiger partial charge on any atom is -0.508 e. The predicted molar refractivity (Wildman–Crippen MR) is 59.3 cm³/mol. The molecule has 0 saturated heterocycles. The topological polar surface area (TPSA) is 67.2 Å². The normalized spacial score (nSPS) is 10.1. The van der Waals surface area contributed by atoms with Crippen LogP contribution in [-0.2, 0) is 7.05 Å². The second kappa shape index (κ2) is 4.06. The van der Waals surface area contributed by atoms with Gasteiger partial charge in [-0.3, -0.25) is 9.48 Å². The van der Waals surface area contributed by atoms with E-state index in [1.165, 1.54) is 12.1 Å². The molecule has 0 aliphatic heterocycles. The van der Waals surface area contributed by atoms with Crippen molar-refractivity contribution in [3.05, 3.63) is 42.1 Å². The lowest BCUT2D eigenvalue weighted by Gasteiger charge is -2.02. The van der Waals surface area contributed by atoms with Gasteiger partial charge in [0, 0.05) is 24.9 Å². The Kier molecular flexibility index (Phi) is 2.59. The molecule has 16 heavy (non-hydrogen) atoms. The Hall–Kier alpha value is -2.30. The molecule has 1 aromatic carbocycles. The van der Waals surface area contributed by atoms with Gasteiger partial charge in [-0.2, -0.15) is 5.10 Å². The van der Waals surface area contributed by atoms with Gasteiger partial charge in [0.15, 0.2) is 5.82 Å². The minimum absolute atomic E-state index is 0.0636. The van der Waals surface area contributed by atoms with Gasteiger partial charge in [-0.05, 0) is 18.2 Å². The zero-order chi connectivity index (χ0) is 11.5. The molecule has 1 aromatic heterocycles. The number of nitrogens with zero attached hydrogens (tertiary/aromatic N) is 2. The number of rotatable bonds is 2. The molecule has 2 N–H and O–H groups in total. The van der Waals surface area contributed by atoms with Crippen LogP contribution in [0.2, 0.25) is 0 Å². The van der Waals surface area contributed by atoms with Gasteiger partial charge < -0.3 is 10.4 Å². The van der Waals surface area contributed by atoms with Gasteiger partial charge in [-0.15, -0.1) is 0 Å². The molecule has 5 nitrogen and oxygen atoms in total. The van der Waals surface area contributed by atoms with Crippen molar-refractivity contribution >= 4 is 11.7 Å². The van der Waals surface area contributed by atoms with Gasteiger partial charge in [0.1, 0.15) is 5.75 Å². The number of benzene rings is 1. The van der Waals surface area contributed by atoms with E-state index >= 15 is 0 Å². The first-order chi connectivity index (χ1) is 7.65. The molecule has 1 amide bonds. The van der Waals surface area contributed by atoms with Crippen molar-refractivity contribution in [2.75, 3.05) is 5.32 Å². The molecule has 2 rings (SSSR count). The van der Waals surface area contributed by atoms with Crippen LogP contribution in [0.4, 0.5) is 5.82 Å². The maximum atomic E-state index is 11.7.